The summed E-state index contributed by atoms with van der Waals surface area (Å²) in [5, 5.41) is 0. The summed E-state index contributed by atoms with van der Waals surface area (Å²) in [6, 6.07) is 50.3. The molecular weight excluding hydrogens is 841 g/mol. The lowest BCUT2D eigenvalue weighted by Gasteiger charge is -2.23. The van der Waals surface area contributed by atoms with Crippen LogP contribution < -0.4 is 18.9 Å². The Balaban J connectivity index is 1.14. The molecule has 0 saturated heterocycles. The van der Waals surface area contributed by atoms with E-state index >= 15 is 0 Å². The molecule has 8 aromatic rings. The molecule has 0 saturated carbocycles. The molecule has 68 heavy (non-hydrogen) atoms. The van der Waals surface area contributed by atoms with Gasteiger partial charge in [0, 0.05) is 37.1 Å². The third-order valence-corrected chi connectivity index (χ3v) is 12.4. The van der Waals surface area contributed by atoms with Crippen molar-refractivity contribution in [2.24, 2.45) is 0 Å². The van der Waals surface area contributed by atoms with Gasteiger partial charge < -0.3 is 18.9 Å². The van der Waals surface area contributed by atoms with Gasteiger partial charge in [0.1, 0.15) is 36.2 Å². The van der Waals surface area contributed by atoms with Crippen LogP contribution in [-0.4, -0.2) is 33.1 Å². The largest absolute Gasteiger partial charge is 0.493 e. The third kappa shape index (κ3) is 11.1. The van der Waals surface area contributed by atoms with E-state index in [1.165, 1.54) is 0 Å². The van der Waals surface area contributed by atoms with Gasteiger partial charge in [-0.15, -0.1) is 0 Å². The van der Waals surface area contributed by atoms with Crippen molar-refractivity contribution in [3.63, 3.8) is 0 Å². The molecule has 1 aliphatic carbocycles. The highest BCUT2D eigenvalue weighted by Gasteiger charge is 2.22. The Morgan fingerprint density at radius 1 is 0.338 bits per heavy atom. The highest BCUT2D eigenvalue weighted by atomic mass is 16.5. The molecule has 9 rings (SSSR count). The molecule has 344 valence electrons. The van der Waals surface area contributed by atoms with Gasteiger partial charge >= 0.3 is 0 Å². The number of aryl methyl sites for hydroxylation is 2. The van der Waals surface area contributed by atoms with Gasteiger partial charge in [-0.05, 0) is 120 Å². The number of nitrogens with zero attached hydrogens (tertiary/aromatic N) is 4. The van der Waals surface area contributed by atoms with Crippen LogP contribution >= 0.6 is 0 Å². The van der Waals surface area contributed by atoms with E-state index < -0.39 is 0 Å². The summed E-state index contributed by atoms with van der Waals surface area (Å²) in [5.74, 6) is 3.54. The first kappa shape index (κ1) is 45.8. The number of fused-ring (bicyclic) bond motifs is 8. The Labute approximate surface area is 401 Å². The zero-order valence-electron chi connectivity index (χ0n) is 39.8. The fourth-order valence-electron chi connectivity index (χ4n) is 8.93. The van der Waals surface area contributed by atoms with Crippen LogP contribution in [0.15, 0.2) is 146 Å². The van der Waals surface area contributed by atoms with Gasteiger partial charge in [-0.1, -0.05) is 124 Å². The maximum atomic E-state index is 7.00. The number of pyridine rings is 4. The normalized spacial score (nSPS) is 12.1. The number of ether oxygens (including phenoxy) is 4. The molecule has 4 heterocycles. The lowest BCUT2D eigenvalue weighted by Crippen LogP contribution is -2.10. The third-order valence-electron chi connectivity index (χ3n) is 12.4. The molecule has 0 spiro atoms. The van der Waals surface area contributed by atoms with Gasteiger partial charge in [0.15, 0.2) is 0 Å². The van der Waals surface area contributed by atoms with Gasteiger partial charge in [-0.25, -0.2) is 9.97 Å². The molecule has 0 N–H and O–H groups in total. The molecule has 8 heteroatoms. The van der Waals surface area contributed by atoms with Crippen molar-refractivity contribution in [3.8, 4) is 45.8 Å². The van der Waals surface area contributed by atoms with Crippen LogP contribution in [0, 0.1) is 13.8 Å². The zero-order valence-corrected chi connectivity index (χ0v) is 39.8. The van der Waals surface area contributed by atoms with Crippen molar-refractivity contribution < 1.29 is 18.9 Å². The molecule has 0 unspecified atom stereocenters. The topological polar surface area (TPSA) is 88.5 Å². The first-order valence-corrected chi connectivity index (χ1v) is 24.2. The number of unbranched alkanes of at least 4 members (excludes halogenated alkanes) is 2. The average Bonchev–Trinajstić information content (AvgIpc) is 3.35. The molecular formula is C60H60N4O4. The van der Waals surface area contributed by atoms with Gasteiger partial charge in [-0.2, -0.15) is 0 Å². The predicted octanol–water partition coefficient (Wildman–Crippen LogP) is 13.4. The van der Waals surface area contributed by atoms with Crippen molar-refractivity contribution >= 4 is 0 Å². The molecule has 1 aliphatic rings. The Bertz CT molecular complexity index is 2710. The van der Waals surface area contributed by atoms with Crippen molar-refractivity contribution in [3.05, 3.63) is 213 Å². The van der Waals surface area contributed by atoms with Crippen LogP contribution in [0.3, 0.4) is 0 Å². The molecule has 0 aliphatic heterocycles. The van der Waals surface area contributed by atoms with E-state index in [0.717, 1.165) is 139 Å². The molecule has 4 aromatic heterocycles. The summed E-state index contributed by atoms with van der Waals surface area (Å²) >= 11 is 0. The van der Waals surface area contributed by atoms with Crippen molar-refractivity contribution in [1.29, 1.82) is 0 Å². The maximum Gasteiger partial charge on any atom is 0.130 e. The van der Waals surface area contributed by atoms with Gasteiger partial charge in [0.2, 0.25) is 0 Å². The van der Waals surface area contributed by atoms with Crippen molar-refractivity contribution in [2.45, 2.75) is 92.3 Å². The maximum absolute atomic E-state index is 7.00. The second-order valence-electron chi connectivity index (χ2n) is 17.7. The Hall–Kier alpha value is -7.32. The zero-order chi connectivity index (χ0) is 46.7. The highest BCUT2D eigenvalue weighted by molar-refractivity contribution is 5.58. The number of aromatic nitrogens is 4. The fraction of sp³-hybridized carbons (Fsp3) is 0.267. The van der Waals surface area contributed by atoms with Crippen molar-refractivity contribution in [1.82, 2.24) is 19.9 Å². The minimum atomic E-state index is 0.295. The monoisotopic (exact) mass is 900 g/mol. The highest BCUT2D eigenvalue weighted by Crippen LogP contribution is 2.39. The van der Waals surface area contributed by atoms with E-state index in [2.05, 4.69) is 86.6 Å². The SMILES string of the molecule is CCCCOc1c2cccc1Cc1cccc(c1OCc1cccc(-c3cccc(C)n3)n1)Cc1cccc(c1OCCCC)Cc1cccc(c1OCc1cccc(-c3cccc(C)n3)n1)C2. The molecule has 4 aromatic carbocycles. The van der Waals surface area contributed by atoms with E-state index in [4.69, 9.17) is 38.9 Å². The molecule has 0 amide bonds. The van der Waals surface area contributed by atoms with Gasteiger partial charge in [-0.3, -0.25) is 9.97 Å². The summed E-state index contributed by atoms with van der Waals surface area (Å²) in [6.45, 7) is 10.2. The minimum absolute atomic E-state index is 0.295. The molecule has 0 atom stereocenters. The van der Waals surface area contributed by atoms with Gasteiger partial charge in [0.25, 0.3) is 0 Å². The van der Waals surface area contributed by atoms with Crippen LogP contribution in [0.4, 0.5) is 0 Å². The minimum Gasteiger partial charge on any atom is -0.493 e. The molecule has 0 fully saturated rings. The second kappa shape index (κ2) is 22.0. The average molecular weight is 901 g/mol. The van der Waals surface area contributed by atoms with Crippen LogP contribution in [0.25, 0.3) is 22.8 Å². The number of hydrogen-bond acceptors (Lipinski definition) is 8. The fourth-order valence-corrected chi connectivity index (χ4v) is 8.93. The van der Waals surface area contributed by atoms with E-state index in [9.17, 15) is 0 Å². The standard InChI is InChI=1S/C60H60N4O4/c1-5-7-33-65-57-43-19-11-20-44(57)36-48-24-14-26-50(60(48)68-40-52-28-16-32-56(64-52)54-30-10-18-42(4)62-54)38-46-22-12-21-45(58(46)66-34-8-6-2)37-49-25-13-23-47(35-43)59(49)67-39-51-27-15-31-55(63-51)53-29-9-17-41(3)61-53/h9-32H,5-8,33-40H2,1-4H3. The Kier molecular flexibility index (Phi) is 14.8. The van der Waals surface area contributed by atoms with Crippen molar-refractivity contribution in [2.75, 3.05) is 13.2 Å². The van der Waals surface area contributed by atoms with Crippen LogP contribution in [0.2, 0.25) is 0 Å². The predicted molar refractivity (Wildman–Crippen MR) is 271 cm³/mol. The number of para-hydroxylation sites is 4. The Morgan fingerprint density at radius 3 is 0.926 bits per heavy atom. The summed E-state index contributed by atoms with van der Waals surface area (Å²) in [7, 11) is 0. The first-order chi connectivity index (χ1) is 33.4. The smallest absolute Gasteiger partial charge is 0.130 e. The molecule has 8 bridgehead atoms. The lowest BCUT2D eigenvalue weighted by molar-refractivity contribution is 0.292. The van der Waals surface area contributed by atoms with Crippen LogP contribution in [0.5, 0.6) is 23.0 Å². The number of rotatable bonds is 16. The van der Waals surface area contributed by atoms with Crippen LogP contribution in [-0.2, 0) is 38.9 Å². The first-order valence-electron chi connectivity index (χ1n) is 24.2. The van der Waals surface area contributed by atoms with E-state index in [-0.39, 0.29) is 0 Å². The number of hydrogen-bond donors (Lipinski definition) is 0. The van der Waals surface area contributed by atoms with Crippen LogP contribution in [0.1, 0.15) is 107 Å². The lowest BCUT2D eigenvalue weighted by atomic mass is 9.91. The molecule has 0 radical (unpaired) electrons. The number of benzene rings is 4. The quantitative estimate of drug-likeness (QED) is 0.0886. The second-order valence-corrected chi connectivity index (χ2v) is 17.7. The Morgan fingerprint density at radius 2 is 0.618 bits per heavy atom. The summed E-state index contributed by atoms with van der Waals surface area (Å²) < 4.78 is 27.7. The van der Waals surface area contributed by atoms with Gasteiger partial charge in [0.05, 0.1) is 47.4 Å². The summed E-state index contributed by atoms with van der Waals surface area (Å²) in [5.41, 5.74) is 15.6. The van der Waals surface area contributed by atoms with E-state index in [1.807, 2.05) is 86.6 Å². The summed E-state index contributed by atoms with van der Waals surface area (Å²) in [4.78, 5) is 19.5. The van der Waals surface area contributed by atoms with E-state index in [1.54, 1.807) is 0 Å². The molecule has 8 nitrogen and oxygen atoms in total. The van der Waals surface area contributed by atoms with E-state index in [0.29, 0.717) is 52.1 Å². The summed E-state index contributed by atoms with van der Waals surface area (Å²) in [6.07, 6.45) is 6.42.